The van der Waals surface area contributed by atoms with Gasteiger partial charge in [-0.05, 0) is 98.3 Å². The van der Waals surface area contributed by atoms with Crippen LogP contribution in [0.1, 0.15) is 0 Å². The third-order valence-corrected chi connectivity index (χ3v) is 7.84. The standard InChI is InChI=1S/C32H16/c1-2-8-21-19(5-1)15-26-23-10-4-7-18-13-14-24-22-9-3-6-17-11-12-20-16-25(21)30(26)32(29(20)27(17)22)31(24)28(18)23/h1-16H. The van der Waals surface area contributed by atoms with Crippen molar-refractivity contribution in [1.29, 1.82) is 0 Å². The first-order valence-electron chi connectivity index (χ1n) is 11.3. The van der Waals surface area contributed by atoms with Crippen LogP contribution in [-0.4, -0.2) is 0 Å². The van der Waals surface area contributed by atoms with E-state index in [0.29, 0.717) is 0 Å². The Labute approximate surface area is 183 Å². The molecule has 0 radical (unpaired) electrons. The Balaban J connectivity index is 1.83. The molecular formula is C32H16. The summed E-state index contributed by atoms with van der Waals surface area (Å²) < 4.78 is 0. The summed E-state index contributed by atoms with van der Waals surface area (Å²) in [6.45, 7) is 0. The fraction of sp³-hybridized carbons (Fsp3) is 0. The van der Waals surface area contributed by atoms with Gasteiger partial charge >= 0.3 is 0 Å². The molecule has 0 spiro atoms. The molecule has 9 rings (SSSR count). The largest absolute Gasteiger partial charge is 0.0616 e. The van der Waals surface area contributed by atoms with Crippen LogP contribution >= 0.6 is 0 Å². The predicted molar refractivity (Wildman–Crippen MR) is 140 cm³/mol. The van der Waals surface area contributed by atoms with E-state index < -0.39 is 0 Å². The molecule has 0 nitrogen and oxygen atoms in total. The fourth-order valence-corrected chi connectivity index (χ4v) is 6.63. The number of rotatable bonds is 0. The summed E-state index contributed by atoms with van der Waals surface area (Å²) in [6.07, 6.45) is 0. The zero-order chi connectivity index (χ0) is 20.6. The normalized spacial score (nSPS) is 13.0. The van der Waals surface area contributed by atoms with E-state index in [1.165, 1.54) is 86.2 Å². The molecule has 32 heavy (non-hydrogen) atoms. The van der Waals surface area contributed by atoms with Gasteiger partial charge in [-0.15, -0.1) is 0 Å². The number of fused-ring (bicyclic) bond motifs is 4. The van der Waals surface area contributed by atoms with Crippen molar-refractivity contribution in [2.75, 3.05) is 0 Å². The van der Waals surface area contributed by atoms with Crippen molar-refractivity contribution in [2.24, 2.45) is 0 Å². The topological polar surface area (TPSA) is 0 Å². The van der Waals surface area contributed by atoms with Gasteiger partial charge in [-0.25, -0.2) is 0 Å². The highest BCUT2D eigenvalue weighted by molar-refractivity contribution is 6.49. The molecule has 9 aromatic rings. The second-order valence-corrected chi connectivity index (χ2v) is 9.28. The maximum absolute atomic E-state index is 2.44. The lowest BCUT2D eigenvalue weighted by Crippen LogP contribution is -1.94. The lowest BCUT2D eigenvalue weighted by Gasteiger charge is -2.22. The smallest absolute Gasteiger partial charge is 0.000116 e. The van der Waals surface area contributed by atoms with Crippen molar-refractivity contribution in [3.05, 3.63) is 97.1 Å². The molecule has 0 heteroatoms. The second kappa shape index (κ2) is 5.00. The SMILES string of the molecule is c1ccc2c(c1)cc1c3cccc4ccc5c6cccc7ccc8cc2c1c(c8c76)c5c43. The Hall–Kier alpha value is -4.16. The van der Waals surface area contributed by atoms with E-state index in [4.69, 9.17) is 0 Å². The lowest BCUT2D eigenvalue weighted by atomic mass is 9.80. The average molecular weight is 400 g/mol. The summed E-state index contributed by atoms with van der Waals surface area (Å²) in [5, 5.41) is 22.1. The average Bonchev–Trinajstić information content (AvgIpc) is 2.85. The van der Waals surface area contributed by atoms with Crippen LogP contribution in [0, 0.1) is 0 Å². The zero-order valence-corrected chi connectivity index (χ0v) is 17.2. The first kappa shape index (κ1) is 15.6. The molecule has 0 aromatic heterocycles. The molecule has 0 heterocycles. The fourth-order valence-electron chi connectivity index (χ4n) is 6.63. The van der Waals surface area contributed by atoms with E-state index in [-0.39, 0.29) is 0 Å². The van der Waals surface area contributed by atoms with Crippen LogP contribution in [-0.2, 0) is 0 Å². The molecule has 0 saturated carbocycles. The molecule has 0 bridgehead atoms. The predicted octanol–water partition coefficient (Wildman–Crippen LogP) is 9.23. The summed E-state index contributed by atoms with van der Waals surface area (Å²) in [5.74, 6) is 0. The highest BCUT2D eigenvalue weighted by atomic mass is 14.2. The molecule has 0 saturated heterocycles. The van der Waals surface area contributed by atoms with Gasteiger partial charge in [0.15, 0.2) is 0 Å². The van der Waals surface area contributed by atoms with Crippen LogP contribution in [0.2, 0.25) is 0 Å². The summed E-state index contributed by atoms with van der Waals surface area (Å²) in [6, 6.07) is 36.6. The minimum Gasteiger partial charge on any atom is -0.0616 e. The van der Waals surface area contributed by atoms with Crippen LogP contribution in [0.15, 0.2) is 97.1 Å². The minimum absolute atomic E-state index is 1.32. The van der Waals surface area contributed by atoms with E-state index in [1.54, 1.807) is 0 Å². The molecule has 0 atom stereocenters. The van der Waals surface area contributed by atoms with Crippen LogP contribution in [0.4, 0.5) is 0 Å². The molecule has 0 aliphatic carbocycles. The van der Waals surface area contributed by atoms with Crippen molar-refractivity contribution in [2.45, 2.75) is 0 Å². The Morgan fingerprint density at radius 1 is 0.250 bits per heavy atom. The molecule has 0 unspecified atom stereocenters. The highest BCUT2D eigenvalue weighted by Gasteiger charge is 2.22. The van der Waals surface area contributed by atoms with Gasteiger partial charge in [-0.3, -0.25) is 0 Å². The highest BCUT2D eigenvalue weighted by Crippen LogP contribution is 2.51. The van der Waals surface area contributed by atoms with Gasteiger partial charge in [0, 0.05) is 0 Å². The van der Waals surface area contributed by atoms with Gasteiger partial charge in [0.2, 0.25) is 0 Å². The Morgan fingerprint density at radius 3 is 1.69 bits per heavy atom. The zero-order valence-electron chi connectivity index (χ0n) is 17.2. The van der Waals surface area contributed by atoms with Gasteiger partial charge in [-0.1, -0.05) is 84.9 Å². The van der Waals surface area contributed by atoms with Gasteiger partial charge in [0.05, 0.1) is 0 Å². The molecule has 0 aliphatic rings. The van der Waals surface area contributed by atoms with Crippen molar-refractivity contribution in [3.8, 4) is 0 Å². The summed E-state index contributed by atoms with van der Waals surface area (Å²) >= 11 is 0. The molecule has 144 valence electrons. The molecule has 0 aliphatic heterocycles. The quantitative estimate of drug-likeness (QED) is 0.176. The van der Waals surface area contributed by atoms with Gasteiger partial charge in [0.1, 0.15) is 0 Å². The maximum Gasteiger partial charge on any atom is -0.000116 e. The summed E-state index contributed by atoms with van der Waals surface area (Å²) in [7, 11) is 0. The first-order valence-corrected chi connectivity index (χ1v) is 11.3. The number of hydrogen-bond acceptors (Lipinski definition) is 0. The van der Waals surface area contributed by atoms with E-state index in [9.17, 15) is 0 Å². The summed E-state index contributed by atoms with van der Waals surface area (Å²) in [4.78, 5) is 0. The molecule has 0 fully saturated rings. The maximum atomic E-state index is 2.44. The Morgan fingerprint density at radius 2 is 0.812 bits per heavy atom. The third-order valence-electron chi connectivity index (χ3n) is 7.84. The number of hydrogen-bond donors (Lipinski definition) is 0. The van der Waals surface area contributed by atoms with E-state index in [0.717, 1.165) is 0 Å². The second-order valence-electron chi connectivity index (χ2n) is 9.28. The van der Waals surface area contributed by atoms with Crippen LogP contribution in [0.5, 0.6) is 0 Å². The van der Waals surface area contributed by atoms with Crippen molar-refractivity contribution in [3.63, 3.8) is 0 Å². The Kier molecular flexibility index (Phi) is 2.44. The number of benzene rings is 9. The van der Waals surface area contributed by atoms with Crippen molar-refractivity contribution < 1.29 is 0 Å². The minimum atomic E-state index is 1.32. The van der Waals surface area contributed by atoms with Crippen molar-refractivity contribution >= 4 is 86.2 Å². The molecular weight excluding hydrogens is 384 g/mol. The molecule has 9 aromatic carbocycles. The van der Waals surface area contributed by atoms with E-state index in [1.807, 2.05) is 0 Å². The van der Waals surface area contributed by atoms with E-state index in [2.05, 4.69) is 97.1 Å². The van der Waals surface area contributed by atoms with Gasteiger partial charge in [0.25, 0.3) is 0 Å². The molecule has 0 N–H and O–H groups in total. The van der Waals surface area contributed by atoms with Crippen LogP contribution < -0.4 is 0 Å². The third kappa shape index (κ3) is 1.57. The van der Waals surface area contributed by atoms with Gasteiger partial charge in [-0.2, -0.15) is 0 Å². The van der Waals surface area contributed by atoms with Crippen LogP contribution in [0.25, 0.3) is 86.2 Å². The summed E-state index contributed by atoms with van der Waals surface area (Å²) in [5.41, 5.74) is 0. The van der Waals surface area contributed by atoms with Gasteiger partial charge < -0.3 is 0 Å². The molecule has 0 amide bonds. The Bertz CT molecular complexity index is 2180. The lowest BCUT2D eigenvalue weighted by molar-refractivity contribution is 1.80. The first-order chi connectivity index (χ1) is 15.9. The van der Waals surface area contributed by atoms with Crippen molar-refractivity contribution in [1.82, 2.24) is 0 Å². The van der Waals surface area contributed by atoms with Crippen LogP contribution in [0.3, 0.4) is 0 Å². The van der Waals surface area contributed by atoms with E-state index >= 15 is 0 Å². The monoisotopic (exact) mass is 400 g/mol.